The van der Waals surface area contributed by atoms with Gasteiger partial charge in [-0.3, -0.25) is 0 Å². The summed E-state index contributed by atoms with van der Waals surface area (Å²) in [5.74, 6) is 1.08. The van der Waals surface area contributed by atoms with Crippen LogP contribution < -0.4 is 0 Å². The average Bonchev–Trinajstić information content (AvgIpc) is 2.80. The van der Waals surface area contributed by atoms with E-state index in [-0.39, 0.29) is 0 Å². The number of aromatic hydroxyl groups is 1. The molecule has 0 amide bonds. The molecule has 2 aromatic carbocycles. The van der Waals surface area contributed by atoms with E-state index in [0.717, 1.165) is 22.3 Å². The van der Waals surface area contributed by atoms with E-state index in [1.165, 1.54) is 0 Å². The number of fused-ring (bicyclic) bond motifs is 1. The van der Waals surface area contributed by atoms with Crippen molar-refractivity contribution in [1.82, 2.24) is 0 Å². The lowest BCUT2D eigenvalue weighted by Gasteiger charge is -1.96. The molecule has 0 atom stereocenters. The minimum absolute atomic E-state index is 0.299. The van der Waals surface area contributed by atoms with Crippen molar-refractivity contribution in [2.75, 3.05) is 0 Å². The van der Waals surface area contributed by atoms with Crippen molar-refractivity contribution in [2.24, 2.45) is 0 Å². The molecule has 17 heavy (non-hydrogen) atoms. The standard InChI is InChI=1S/C15H12O2/c1-10-7-8-13-12(15(10)16)9-14(17-13)11-5-3-2-4-6-11/h2-9,16H,1H3. The number of hydrogen-bond donors (Lipinski definition) is 1. The number of aryl methyl sites for hydroxylation is 1. The highest BCUT2D eigenvalue weighted by Gasteiger charge is 2.10. The van der Waals surface area contributed by atoms with Crippen molar-refractivity contribution in [3.05, 3.63) is 54.1 Å². The van der Waals surface area contributed by atoms with Crippen LogP contribution in [-0.2, 0) is 0 Å². The first kappa shape index (κ1) is 9.97. The van der Waals surface area contributed by atoms with Gasteiger partial charge in [0.2, 0.25) is 0 Å². The zero-order valence-electron chi connectivity index (χ0n) is 9.47. The maximum absolute atomic E-state index is 9.96. The Morgan fingerprint density at radius 3 is 2.53 bits per heavy atom. The van der Waals surface area contributed by atoms with E-state index in [2.05, 4.69) is 0 Å². The van der Waals surface area contributed by atoms with Gasteiger partial charge in [-0.1, -0.05) is 36.4 Å². The molecule has 0 aliphatic carbocycles. The summed E-state index contributed by atoms with van der Waals surface area (Å²) >= 11 is 0. The van der Waals surface area contributed by atoms with Crippen LogP contribution in [0.5, 0.6) is 5.75 Å². The van der Waals surface area contributed by atoms with Gasteiger partial charge in [0.05, 0.1) is 5.39 Å². The minimum atomic E-state index is 0.299. The van der Waals surface area contributed by atoms with Gasteiger partial charge in [-0.25, -0.2) is 0 Å². The number of furan rings is 1. The topological polar surface area (TPSA) is 33.4 Å². The van der Waals surface area contributed by atoms with E-state index in [0.29, 0.717) is 11.3 Å². The largest absolute Gasteiger partial charge is 0.507 e. The first-order valence-corrected chi connectivity index (χ1v) is 5.53. The van der Waals surface area contributed by atoms with Gasteiger partial charge in [0.25, 0.3) is 0 Å². The molecule has 84 valence electrons. The zero-order chi connectivity index (χ0) is 11.8. The quantitative estimate of drug-likeness (QED) is 0.674. The van der Waals surface area contributed by atoms with Crippen LogP contribution in [-0.4, -0.2) is 5.11 Å². The van der Waals surface area contributed by atoms with E-state index in [1.54, 1.807) is 0 Å². The smallest absolute Gasteiger partial charge is 0.138 e. The molecular formula is C15H12O2. The first-order valence-electron chi connectivity index (χ1n) is 5.53. The second kappa shape index (κ2) is 3.67. The third-order valence-corrected chi connectivity index (χ3v) is 2.93. The summed E-state index contributed by atoms with van der Waals surface area (Å²) in [6.07, 6.45) is 0. The Labute approximate surface area is 99.1 Å². The molecule has 0 bridgehead atoms. The van der Waals surface area contributed by atoms with Gasteiger partial charge < -0.3 is 9.52 Å². The van der Waals surface area contributed by atoms with Gasteiger partial charge in [0.15, 0.2) is 0 Å². The predicted octanol–water partition coefficient (Wildman–Crippen LogP) is 4.11. The van der Waals surface area contributed by atoms with Gasteiger partial charge in [0.1, 0.15) is 17.1 Å². The van der Waals surface area contributed by atoms with E-state index < -0.39 is 0 Å². The van der Waals surface area contributed by atoms with Gasteiger partial charge in [-0.05, 0) is 24.6 Å². The number of hydrogen-bond acceptors (Lipinski definition) is 2. The van der Waals surface area contributed by atoms with Crippen molar-refractivity contribution in [3.8, 4) is 17.1 Å². The van der Waals surface area contributed by atoms with Crippen molar-refractivity contribution in [3.63, 3.8) is 0 Å². The fraction of sp³-hybridized carbons (Fsp3) is 0.0667. The average molecular weight is 224 g/mol. The highest BCUT2D eigenvalue weighted by Crippen LogP contribution is 2.34. The second-order valence-electron chi connectivity index (χ2n) is 4.12. The van der Waals surface area contributed by atoms with Crippen molar-refractivity contribution in [1.29, 1.82) is 0 Å². The van der Waals surface area contributed by atoms with Crippen molar-refractivity contribution >= 4 is 11.0 Å². The molecule has 2 heteroatoms. The Bertz CT molecular complexity index is 666. The highest BCUT2D eigenvalue weighted by atomic mass is 16.3. The fourth-order valence-electron chi connectivity index (χ4n) is 1.95. The Morgan fingerprint density at radius 1 is 1.00 bits per heavy atom. The van der Waals surface area contributed by atoms with Gasteiger partial charge in [0, 0.05) is 5.56 Å². The number of benzene rings is 2. The Kier molecular flexibility index (Phi) is 2.15. The lowest BCUT2D eigenvalue weighted by Crippen LogP contribution is -1.73. The molecule has 0 saturated heterocycles. The molecule has 0 aliphatic heterocycles. The zero-order valence-corrected chi connectivity index (χ0v) is 9.47. The second-order valence-corrected chi connectivity index (χ2v) is 4.12. The maximum Gasteiger partial charge on any atom is 0.138 e. The van der Waals surface area contributed by atoms with Gasteiger partial charge in [-0.2, -0.15) is 0 Å². The van der Waals surface area contributed by atoms with Gasteiger partial charge in [-0.15, -0.1) is 0 Å². The molecule has 3 aromatic rings. The minimum Gasteiger partial charge on any atom is -0.507 e. The highest BCUT2D eigenvalue weighted by molar-refractivity contribution is 5.89. The lowest BCUT2D eigenvalue weighted by atomic mass is 10.1. The molecule has 0 radical (unpaired) electrons. The summed E-state index contributed by atoms with van der Waals surface area (Å²) in [5.41, 5.74) is 2.59. The van der Waals surface area contributed by atoms with Crippen LogP contribution in [0.1, 0.15) is 5.56 Å². The molecule has 1 aromatic heterocycles. The molecular weight excluding hydrogens is 212 g/mol. The Balaban J connectivity index is 2.24. The molecule has 0 aliphatic rings. The summed E-state index contributed by atoms with van der Waals surface area (Å²) in [7, 11) is 0. The molecule has 3 rings (SSSR count). The van der Waals surface area contributed by atoms with Crippen LogP contribution in [0.2, 0.25) is 0 Å². The fourth-order valence-corrected chi connectivity index (χ4v) is 1.95. The monoisotopic (exact) mass is 224 g/mol. The van der Waals surface area contributed by atoms with Crippen LogP contribution in [0.15, 0.2) is 52.9 Å². The van der Waals surface area contributed by atoms with E-state index in [9.17, 15) is 5.11 Å². The van der Waals surface area contributed by atoms with Crippen LogP contribution in [0, 0.1) is 6.92 Å². The maximum atomic E-state index is 9.96. The van der Waals surface area contributed by atoms with E-state index in [1.807, 2.05) is 55.5 Å². The lowest BCUT2D eigenvalue weighted by molar-refractivity contribution is 0.477. The molecule has 0 saturated carbocycles. The molecule has 0 fully saturated rings. The molecule has 0 spiro atoms. The summed E-state index contributed by atoms with van der Waals surface area (Å²) in [5, 5.41) is 10.7. The number of phenolic OH excluding ortho intramolecular Hbond substituents is 1. The summed E-state index contributed by atoms with van der Waals surface area (Å²) in [6, 6.07) is 15.5. The molecule has 2 nitrogen and oxygen atoms in total. The van der Waals surface area contributed by atoms with E-state index in [4.69, 9.17) is 4.42 Å². The molecule has 0 unspecified atom stereocenters. The normalized spacial score (nSPS) is 10.9. The van der Waals surface area contributed by atoms with Crippen molar-refractivity contribution < 1.29 is 9.52 Å². The SMILES string of the molecule is Cc1ccc2oc(-c3ccccc3)cc2c1O. The van der Waals surface area contributed by atoms with Crippen LogP contribution >= 0.6 is 0 Å². The Morgan fingerprint density at radius 2 is 1.76 bits per heavy atom. The Hall–Kier alpha value is -2.22. The van der Waals surface area contributed by atoms with Crippen LogP contribution in [0.4, 0.5) is 0 Å². The first-order chi connectivity index (χ1) is 8.25. The van der Waals surface area contributed by atoms with E-state index >= 15 is 0 Å². The third-order valence-electron chi connectivity index (χ3n) is 2.93. The summed E-state index contributed by atoms with van der Waals surface area (Å²) < 4.78 is 5.73. The van der Waals surface area contributed by atoms with Gasteiger partial charge >= 0.3 is 0 Å². The molecule has 1 N–H and O–H groups in total. The molecule has 1 heterocycles. The number of rotatable bonds is 1. The van der Waals surface area contributed by atoms with Crippen LogP contribution in [0.3, 0.4) is 0 Å². The predicted molar refractivity (Wildman–Crippen MR) is 68.1 cm³/mol. The van der Waals surface area contributed by atoms with Crippen LogP contribution in [0.25, 0.3) is 22.3 Å². The summed E-state index contributed by atoms with van der Waals surface area (Å²) in [4.78, 5) is 0. The summed E-state index contributed by atoms with van der Waals surface area (Å²) in [6.45, 7) is 1.88. The third kappa shape index (κ3) is 1.58. The number of phenols is 1. The van der Waals surface area contributed by atoms with Crippen molar-refractivity contribution in [2.45, 2.75) is 6.92 Å².